The highest BCUT2D eigenvalue weighted by atomic mass is 19.2. The molecule has 2 aromatic carbocycles. The molecule has 0 spiro atoms. The van der Waals surface area contributed by atoms with Crippen LogP contribution in [0.5, 0.6) is 0 Å². The molecule has 0 aliphatic rings. The molecule has 0 atom stereocenters. The molecular formula is C16H12F2. The molecule has 0 fully saturated rings. The lowest BCUT2D eigenvalue weighted by atomic mass is 10.1. The molecule has 0 aromatic heterocycles. The van der Waals surface area contributed by atoms with Crippen molar-refractivity contribution < 1.29 is 8.78 Å². The fraction of sp³-hybridized carbons (Fsp3) is 0. The molecule has 0 amide bonds. The molecule has 0 bridgehead atoms. The highest BCUT2D eigenvalue weighted by Gasteiger charge is 2.03. The minimum Gasteiger partial charge on any atom is -0.204 e. The number of halogens is 2. The maximum absolute atomic E-state index is 13.6. The Morgan fingerprint density at radius 1 is 0.611 bits per heavy atom. The summed E-state index contributed by atoms with van der Waals surface area (Å²) in [6.45, 7) is 0. The average molecular weight is 242 g/mol. The van der Waals surface area contributed by atoms with E-state index in [1.54, 1.807) is 48.5 Å². The number of benzene rings is 2. The van der Waals surface area contributed by atoms with Gasteiger partial charge in [-0.2, -0.15) is 0 Å². The van der Waals surface area contributed by atoms with Gasteiger partial charge in [0.15, 0.2) is 11.7 Å². The van der Waals surface area contributed by atoms with E-state index in [-0.39, 0.29) is 0 Å². The molecule has 90 valence electrons. The van der Waals surface area contributed by atoms with Crippen LogP contribution < -0.4 is 0 Å². The SMILES string of the molecule is FC(=Cc1ccccc1)C(F)=Cc1ccccc1. The van der Waals surface area contributed by atoms with E-state index in [2.05, 4.69) is 0 Å². The van der Waals surface area contributed by atoms with Crippen molar-refractivity contribution in [3.63, 3.8) is 0 Å². The van der Waals surface area contributed by atoms with E-state index < -0.39 is 11.7 Å². The Bertz CT molecular complexity index is 501. The van der Waals surface area contributed by atoms with E-state index in [1.807, 2.05) is 12.1 Å². The van der Waals surface area contributed by atoms with E-state index in [9.17, 15) is 8.78 Å². The first-order chi connectivity index (χ1) is 8.75. The van der Waals surface area contributed by atoms with Crippen LogP contribution in [-0.2, 0) is 0 Å². The maximum atomic E-state index is 13.6. The highest BCUT2D eigenvalue weighted by Crippen LogP contribution is 2.20. The summed E-state index contributed by atoms with van der Waals surface area (Å²) < 4.78 is 27.2. The van der Waals surface area contributed by atoms with Crippen molar-refractivity contribution in [2.45, 2.75) is 0 Å². The lowest BCUT2D eigenvalue weighted by Gasteiger charge is -1.96. The van der Waals surface area contributed by atoms with E-state index in [1.165, 1.54) is 12.2 Å². The van der Waals surface area contributed by atoms with Crippen LogP contribution in [0.15, 0.2) is 72.3 Å². The Labute approximate surface area is 105 Å². The van der Waals surface area contributed by atoms with Gasteiger partial charge in [-0.3, -0.25) is 0 Å². The maximum Gasteiger partial charge on any atom is 0.159 e. The van der Waals surface area contributed by atoms with Crippen LogP contribution in [0.2, 0.25) is 0 Å². The average Bonchev–Trinajstić information content (AvgIpc) is 2.41. The lowest BCUT2D eigenvalue weighted by molar-refractivity contribution is 0.555. The predicted molar refractivity (Wildman–Crippen MR) is 71.1 cm³/mol. The largest absolute Gasteiger partial charge is 0.204 e. The summed E-state index contributed by atoms with van der Waals surface area (Å²) in [7, 11) is 0. The molecule has 0 nitrogen and oxygen atoms in total. The second-order valence-corrected chi connectivity index (χ2v) is 3.81. The number of hydrogen-bond donors (Lipinski definition) is 0. The van der Waals surface area contributed by atoms with Gasteiger partial charge in [0.1, 0.15) is 0 Å². The van der Waals surface area contributed by atoms with Crippen LogP contribution in [0.3, 0.4) is 0 Å². The van der Waals surface area contributed by atoms with Gasteiger partial charge in [-0.25, -0.2) is 8.78 Å². The summed E-state index contributed by atoms with van der Waals surface area (Å²) in [5, 5.41) is 0. The minimum absolute atomic E-state index is 0.631. The zero-order chi connectivity index (χ0) is 12.8. The number of allylic oxidation sites excluding steroid dienone is 2. The van der Waals surface area contributed by atoms with E-state index in [0.29, 0.717) is 11.1 Å². The first kappa shape index (κ1) is 12.2. The number of hydrogen-bond acceptors (Lipinski definition) is 0. The Balaban J connectivity index is 2.21. The molecule has 0 unspecified atom stereocenters. The normalized spacial score (nSPS) is 12.6. The molecule has 18 heavy (non-hydrogen) atoms. The first-order valence-corrected chi connectivity index (χ1v) is 5.60. The monoisotopic (exact) mass is 242 g/mol. The van der Waals surface area contributed by atoms with Gasteiger partial charge in [0.05, 0.1) is 0 Å². The van der Waals surface area contributed by atoms with E-state index in [4.69, 9.17) is 0 Å². The van der Waals surface area contributed by atoms with Crippen molar-refractivity contribution in [2.24, 2.45) is 0 Å². The fourth-order valence-corrected chi connectivity index (χ4v) is 1.53. The third-order valence-corrected chi connectivity index (χ3v) is 2.41. The summed E-state index contributed by atoms with van der Waals surface area (Å²) >= 11 is 0. The third-order valence-electron chi connectivity index (χ3n) is 2.41. The Morgan fingerprint density at radius 2 is 0.944 bits per heavy atom. The summed E-state index contributed by atoms with van der Waals surface area (Å²) in [6.07, 6.45) is 2.35. The van der Waals surface area contributed by atoms with Gasteiger partial charge < -0.3 is 0 Å². The topological polar surface area (TPSA) is 0 Å². The molecule has 0 radical (unpaired) electrons. The quantitative estimate of drug-likeness (QED) is 0.664. The molecule has 0 aliphatic carbocycles. The van der Waals surface area contributed by atoms with Gasteiger partial charge in [-0.1, -0.05) is 60.7 Å². The van der Waals surface area contributed by atoms with Crippen molar-refractivity contribution in [2.75, 3.05) is 0 Å². The molecular weight excluding hydrogens is 230 g/mol. The molecule has 0 saturated heterocycles. The van der Waals surface area contributed by atoms with Crippen molar-refractivity contribution in [1.29, 1.82) is 0 Å². The standard InChI is InChI=1S/C16H12F2/c17-15(11-13-7-3-1-4-8-13)16(18)12-14-9-5-2-6-10-14/h1-12H. The van der Waals surface area contributed by atoms with Gasteiger partial charge in [0.2, 0.25) is 0 Å². The minimum atomic E-state index is -0.870. The van der Waals surface area contributed by atoms with Crippen LogP contribution in [0.25, 0.3) is 12.2 Å². The van der Waals surface area contributed by atoms with Crippen LogP contribution in [0, 0.1) is 0 Å². The van der Waals surface area contributed by atoms with Gasteiger partial charge in [0.25, 0.3) is 0 Å². The van der Waals surface area contributed by atoms with Crippen molar-refractivity contribution >= 4 is 12.2 Å². The van der Waals surface area contributed by atoms with Crippen LogP contribution in [0.1, 0.15) is 11.1 Å². The summed E-state index contributed by atoms with van der Waals surface area (Å²) in [5.41, 5.74) is 1.26. The second kappa shape index (κ2) is 5.92. The first-order valence-electron chi connectivity index (χ1n) is 5.60. The molecule has 2 aromatic rings. The number of rotatable bonds is 3. The van der Waals surface area contributed by atoms with Crippen molar-refractivity contribution in [1.82, 2.24) is 0 Å². The van der Waals surface area contributed by atoms with Crippen LogP contribution in [0.4, 0.5) is 8.78 Å². The molecule has 2 rings (SSSR count). The zero-order valence-corrected chi connectivity index (χ0v) is 9.68. The lowest BCUT2D eigenvalue weighted by Crippen LogP contribution is -1.78. The van der Waals surface area contributed by atoms with Gasteiger partial charge in [-0.05, 0) is 23.3 Å². The summed E-state index contributed by atoms with van der Waals surface area (Å²) in [5.74, 6) is -1.74. The van der Waals surface area contributed by atoms with Crippen molar-refractivity contribution in [3.05, 3.63) is 83.4 Å². The summed E-state index contributed by atoms with van der Waals surface area (Å²) in [6, 6.07) is 17.6. The van der Waals surface area contributed by atoms with Gasteiger partial charge in [0, 0.05) is 0 Å². The third kappa shape index (κ3) is 3.39. The summed E-state index contributed by atoms with van der Waals surface area (Å²) in [4.78, 5) is 0. The second-order valence-electron chi connectivity index (χ2n) is 3.81. The molecule has 2 heteroatoms. The smallest absolute Gasteiger partial charge is 0.159 e. The molecule has 0 saturated carbocycles. The van der Waals surface area contributed by atoms with E-state index >= 15 is 0 Å². The molecule has 0 N–H and O–H groups in total. The Hall–Kier alpha value is -2.22. The Kier molecular flexibility index (Phi) is 4.02. The van der Waals surface area contributed by atoms with Gasteiger partial charge >= 0.3 is 0 Å². The van der Waals surface area contributed by atoms with Crippen LogP contribution in [-0.4, -0.2) is 0 Å². The molecule has 0 heterocycles. The predicted octanol–water partition coefficient (Wildman–Crippen LogP) is 5.01. The Morgan fingerprint density at radius 3 is 1.28 bits per heavy atom. The van der Waals surface area contributed by atoms with Gasteiger partial charge in [-0.15, -0.1) is 0 Å². The highest BCUT2D eigenvalue weighted by molar-refractivity contribution is 5.61. The van der Waals surface area contributed by atoms with Crippen molar-refractivity contribution in [3.8, 4) is 0 Å². The molecule has 0 aliphatic heterocycles. The fourth-order valence-electron chi connectivity index (χ4n) is 1.53. The van der Waals surface area contributed by atoms with Crippen LogP contribution >= 0.6 is 0 Å². The zero-order valence-electron chi connectivity index (χ0n) is 9.68. The van der Waals surface area contributed by atoms with E-state index in [0.717, 1.165) is 0 Å².